The Balaban J connectivity index is 1.39. The van der Waals surface area contributed by atoms with Crippen molar-refractivity contribution < 1.29 is 36.9 Å². The molecule has 0 saturated carbocycles. The number of ether oxygens (including phenoxy) is 4. The first-order chi connectivity index (χ1) is 16.2. The Labute approximate surface area is 199 Å². The number of hydrogen-bond donors (Lipinski definition) is 0. The van der Waals surface area contributed by atoms with Gasteiger partial charge in [-0.25, -0.2) is 9.78 Å². The summed E-state index contributed by atoms with van der Waals surface area (Å²) < 4.78 is 59.4. The Bertz CT molecular complexity index is 1060. The van der Waals surface area contributed by atoms with Gasteiger partial charge in [0.2, 0.25) is 5.88 Å². The second kappa shape index (κ2) is 11.7. The van der Waals surface area contributed by atoms with E-state index in [4.69, 9.17) is 30.5 Å². The number of nitrogens with zero attached hydrogens (tertiary/aromatic N) is 1. The lowest BCUT2D eigenvalue weighted by Gasteiger charge is -2.14. The summed E-state index contributed by atoms with van der Waals surface area (Å²) in [6.45, 7) is 2.22. The van der Waals surface area contributed by atoms with Gasteiger partial charge in [-0.1, -0.05) is 23.7 Å². The summed E-state index contributed by atoms with van der Waals surface area (Å²) in [6.07, 6.45) is -4.63. The highest BCUT2D eigenvalue weighted by Crippen LogP contribution is 2.30. The molecule has 1 atom stereocenters. The Hall–Kier alpha value is -3.30. The molecule has 0 bridgehead atoms. The summed E-state index contributed by atoms with van der Waals surface area (Å²) in [5.41, 5.74) is 0.0894. The first kappa shape index (κ1) is 25.3. The molecule has 0 spiro atoms. The molecular weight excluding hydrogens is 475 g/mol. The van der Waals surface area contributed by atoms with Crippen molar-refractivity contribution in [1.29, 1.82) is 0 Å². The van der Waals surface area contributed by atoms with Crippen molar-refractivity contribution in [2.75, 3.05) is 13.2 Å². The van der Waals surface area contributed by atoms with Gasteiger partial charge < -0.3 is 18.9 Å². The zero-order valence-electron chi connectivity index (χ0n) is 18.0. The van der Waals surface area contributed by atoms with Crippen molar-refractivity contribution in [2.45, 2.75) is 25.8 Å². The molecule has 1 aromatic heterocycles. The maximum atomic E-state index is 12.6. The molecule has 1 unspecified atom stereocenters. The Morgan fingerprint density at radius 3 is 2.26 bits per heavy atom. The molecule has 0 N–H and O–H groups in total. The lowest BCUT2D eigenvalue weighted by molar-refractivity contribution is -0.152. The lowest BCUT2D eigenvalue weighted by Crippen LogP contribution is -2.27. The summed E-state index contributed by atoms with van der Waals surface area (Å²) in [6, 6.07) is 15.4. The fraction of sp³-hybridized carbons (Fsp3) is 0.250. The minimum Gasteiger partial charge on any atom is -0.479 e. The van der Waals surface area contributed by atoms with Crippen LogP contribution in [0.4, 0.5) is 13.2 Å². The van der Waals surface area contributed by atoms with Gasteiger partial charge in [-0.3, -0.25) is 0 Å². The molecule has 0 aliphatic rings. The number of carbonyl (C=O) groups is 1. The number of esters is 1. The average Bonchev–Trinajstić information content (AvgIpc) is 2.81. The largest absolute Gasteiger partial charge is 0.479 e. The van der Waals surface area contributed by atoms with Gasteiger partial charge in [0.15, 0.2) is 6.10 Å². The number of pyridine rings is 1. The van der Waals surface area contributed by atoms with Gasteiger partial charge in [0.25, 0.3) is 0 Å². The third kappa shape index (κ3) is 7.93. The van der Waals surface area contributed by atoms with E-state index >= 15 is 0 Å². The smallest absolute Gasteiger partial charge is 0.417 e. The van der Waals surface area contributed by atoms with E-state index in [1.807, 2.05) is 12.1 Å². The van der Waals surface area contributed by atoms with Crippen LogP contribution in [0.5, 0.6) is 17.4 Å². The van der Waals surface area contributed by atoms with E-state index in [0.717, 1.165) is 17.7 Å². The van der Waals surface area contributed by atoms with Gasteiger partial charge >= 0.3 is 12.1 Å². The van der Waals surface area contributed by atoms with E-state index in [9.17, 15) is 18.0 Å². The third-order valence-corrected chi connectivity index (χ3v) is 4.66. The zero-order valence-corrected chi connectivity index (χ0v) is 18.8. The van der Waals surface area contributed by atoms with Crippen LogP contribution in [0, 0.1) is 0 Å². The summed E-state index contributed by atoms with van der Waals surface area (Å²) in [5, 5.41) is 0.644. The lowest BCUT2D eigenvalue weighted by atomic mass is 10.2. The normalized spacial score (nSPS) is 12.1. The Morgan fingerprint density at radius 2 is 1.65 bits per heavy atom. The number of rotatable bonds is 10. The summed E-state index contributed by atoms with van der Waals surface area (Å²) in [4.78, 5) is 15.7. The van der Waals surface area contributed by atoms with Crippen LogP contribution in [0.3, 0.4) is 0 Å². The molecule has 0 fully saturated rings. The first-order valence-corrected chi connectivity index (χ1v) is 10.5. The maximum Gasteiger partial charge on any atom is 0.417 e. The molecule has 6 nitrogen and oxygen atoms in total. The van der Waals surface area contributed by atoms with Crippen molar-refractivity contribution >= 4 is 17.6 Å². The highest BCUT2D eigenvalue weighted by Gasteiger charge is 2.30. The van der Waals surface area contributed by atoms with Crippen LogP contribution in [-0.4, -0.2) is 30.3 Å². The second-order valence-corrected chi connectivity index (χ2v) is 7.50. The van der Waals surface area contributed by atoms with Crippen LogP contribution in [-0.2, 0) is 27.1 Å². The molecule has 180 valence electrons. The number of benzene rings is 2. The van der Waals surface area contributed by atoms with E-state index in [-0.39, 0.29) is 19.1 Å². The number of hydrogen-bond acceptors (Lipinski definition) is 6. The summed E-state index contributed by atoms with van der Waals surface area (Å²) in [7, 11) is 0. The molecule has 3 rings (SSSR count). The van der Waals surface area contributed by atoms with Gasteiger partial charge in [-0.15, -0.1) is 0 Å². The average molecular weight is 496 g/mol. The van der Waals surface area contributed by atoms with Crippen LogP contribution in [0.2, 0.25) is 5.02 Å². The fourth-order valence-electron chi connectivity index (χ4n) is 2.66. The zero-order chi connectivity index (χ0) is 24.6. The predicted molar refractivity (Wildman–Crippen MR) is 118 cm³/mol. The highest BCUT2D eigenvalue weighted by molar-refractivity contribution is 6.30. The van der Waals surface area contributed by atoms with Crippen molar-refractivity contribution in [3.05, 3.63) is 83.0 Å². The number of aromatic nitrogens is 1. The van der Waals surface area contributed by atoms with Crippen molar-refractivity contribution in [1.82, 2.24) is 4.98 Å². The SMILES string of the molecule is CC(Oc1ccc(Oc2ccc(C(F)(F)F)cn2)cc1)C(=O)OCCOCc1ccc(Cl)cc1. The van der Waals surface area contributed by atoms with Crippen LogP contribution in [0.15, 0.2) is 66.9 Å². The van der Waals surface area contributed by atoms with Crippen molar-refractivity contribution in [2.24, 2.45) is 0 Å². The molecule has 10 heteroatoms. The number of carbonyl (C=O) groups excluding carboxylic acids is 1. The van der Waals surface area contributed by atoms with Crippen LogP contribution >= 0.6 is 11.6 Å². The minimum atomic E-state index is -4.47. The molecule has 0 radical (unpaired) electrons. The van der Waals surface area contributed by atoms with Gasteiger partial charge in [-0.05, 0) is 55.0 Å². The van der Waals surface area contributed by atoms with E-state index < -0.39 is 23.8 Å². The molecule has 2 aromatic carbocycles. The molecule has 34 heavy (non-hydrogen) atoms. The van der Waals surface area contributed by atoms with Gasteiger partial charge in [0, 0.05) is 17.3 Å². The van der Waals surface area contributed by atoms with Gasteiger partial charge in [0.05, 0.1) is 18.8 Å². The van der Waals surface area contributed by atoms with Crippen LogP contribution in [0.1, 0.15) is 18.1 Å². The molecule has 0 aliphatic heterocycles. The topological polar surface area (TPSA) is 66.9 Å². The Kier molecular flexibility index (Phi) is 8.72. The molecule has 3 aromatic rings. The summed E-state index contributed by atoms with van der Waals surface area (Å²) >= 11 is 5.83. The van der Waals surface area contributed by atoms with Crippen molar-refractivity contribution in [3.63, 3.8) is 0 Å². The maximum absolute atomic E-state index is 12.6. The molecule has 0 aliphatic carbocycles. The minimum absolute atomic E-state index is 0.0110. The van der Waals surface area contributed by atoms with E-state index in [0.29, 0.717) is 29.3 Å². The van der Waals surface area contributed by atoms with Crippen LogP contribution < -0.4 is 9.47 Å². The molecule has 0 saturated heterocycles. The van der Waals surface area contributed by atoms with E-state index in [1.165, 1.54) is 12.1 Å². The first-order valence-electron chi connectivity index (χ1n) is 10.2. The molecule has 1 heterocycles. The molecule has 0 amide bonds. The monoisotopic (exact) mass is 495 g/mol. The predicted octanol–water partition coefficient (Wildman–Crippen LogP) is 6.07. The molecular formula is C24H21ClF3NO5. The van der Waals surface area contributed by atoms with E-state index in [1.54, 1.807) is 31.2 Å². The highest BCUT2D eigenvalue weighted by atomic mass is 35.5. The Morgan fingerprint density at radius 1 is 0.971 bits per heavy atom. The van der Waals surface area contributed by atoms with Crippen LogP contribution in [0.25, 0.3) is 0 Å². The van der Waals surface area contributed by atoms with Crippen molar-refractivity contribution in [3.8, 4) is 17.4 Å². The summed E-state index contributed by atoms with van der Waals surface area (Å²) in [5.74, 6) is 0.185. The standard InChI is InChI=1S/C24H21ClF3NO5/c1-16(23(30)32-13-12-31-15-17-2-5-19(25)6-3-17)33-20-7-9-21(10-8-20)34-22-11-4-18(14-29-22)24(26,27)28/h2-11,14,16H,12-13,15H2,1H3. The quantitative estimate of drug-likeness (QED) is 0.251. The third-order valence-electron chi connectivity index (χ3n) is 4.41. The number of alkyl halides is 3. The van der Waals surface area contributed by atoms with Gasteiger partial charge in [0.1, 0.15) is 18.1 Å². The van der Waals surface area contributed by atoms with Gasteiger partial charge in [-0.2, -0.15) is 13.2 Å². The number of halogens is 4. The second-order valence-electron chi connectivity index (χ2n) is 7.06. The fourth-order valence-corrected chi connectivity index (χ4v) is 2.78. The van der Waals surface area contributed by atoms with E-state index in [2.05, 4.69) is 4.98 Å².